The molecule has 4 nitrogen and oxygen atoms in total. The van der Waals surface area contributed by atoms with Gasteiger partial charge in [0.15, 0.2) is 5.79 Å². The molecule has 0 amide bonds. The summed E-state index contributed by atoms with van der Waals surface area (Å²) in [5, 5.41) is 13.3. The van der Waals surface area contributed by atoms with Gasteiger partial charge >= 0.3 is 0 Å². The molecule has 1 aliphatic rings. The molecule has 1 saturated heterocycles. The summed E-state index contributed by atoms with van der Waals surface area (Å²) in [6.45, 7) is 14.3. The fraction of sp³-hybridized carbons (Fsp3) is 0.440. The summed E-state index contributed by atoms with van der Waals surface area (Å²) in [6, 6.07) is 20.8. The van der Waals surface area contributed by atoms with E-state index in [0.717, 1.165) is 0 Å². The second kappa shape index (κ2) is 8.77. The average molecular weight is 427 g/mol. The van der Waals surface area contributed by atoms with Crippen LogP contribution in [0.3, 0.4) is 0 Å². The normalized spacial score (nSPS) is 22.6. The van der Waals surface area contributed by atoms with Gasteiger partial charge < -0.3 is 19.0 Å². The number of ether oxygens (including phenoxy) is 2. The predicted octanol–water partition coefficient (Wildman–Crippen LogP) is 3.63. The van der Waals surface area contributed by atoms with Crippen molar-refractivity contribution in [3.8, 4) is 0 Å². The summed E-state index contributed by atoms with van der Waals surface area (Å²) in [4.78, 5) is 0. The first-order valence-electron chi connectivity index (χ1n) is 10.5. The van der Waals surface area contributed by atoms with Crippen molar-refractivity contribution >= 4 is 18.7 Å². The molecular weight excluding hydrogens is 392 g/mol. The lowest BCUT2D eigenvalue weighted by molar-refractivity contribution is -0.155. The Balaban J connectivity index is 1.97. The Labute approximate surface area is 181 Å². The van der Waals surface area contributed by atoms with Crippen LogP contribution in [0.4, 0.5) is 0 Å². The van der Waals surface area contributed by atoms with E-state index in [1.54, 1.807) is 6.08 Å². The van der Waals surface area contributed by atoms with Gasteiger partial charge in [-0.15, -0.1) is 6.58 Å². The second-order valence-electron chi connectivity index (χ2n) is 9.34. The van der Waals surface area contributed by atoms with Gasteiger partial charge in [-0.2, -0.15) is 0 Å². The molecule has 0 saturated carbocycles. The number of rotatable bonds is 7. The zero-order valence-electron chi connectivity index (χ0n) is 18.7. The highest BCUT2D eigenvalue weighted by atomic mass is 28.4. The standard InChI is InChI=1S/C25H34O4Si/c1-7-22-23(29-25(5,6)28-22)21(26)18-27-30(24(2,3)4,19-14-10-8-11-15-19)20-16-12-9-13-17-20/h7-17,21-23,26H,1,18H2,2-6H3/t21-,22-,23+/m1/s1. The lowest BCUT2D eigenvalue weighted by atomic mass is 10.1. The first-order chi connectivity index (χ1) is 14.1. The van der Waals surface area contributed by atoms with E-state index in [0.29, 0.717) is 0 Å². The number of hydrogen-bond donors (Lipinski definition) is 1. The molecule has 162 valence electrons. The number of aliphatic hydroxyl groups excluding tert-OH is 1. The molecule has 2 aromatic carbocycles. The lowest BCUT2D eigenvalue weighted by Gasteiger charge is -2.43. The molecule has 0 spiro atoms. The minimum atomic E-state index is -2.71. The lowest BCUT2D eigenvalue weighted by Crippen LogP contribution is -2.67. The Morgan fingerprint density at radius 1 is 1.03 bits per heavy atom. The van der Waals surface area contributed by atoms with Crippen molar-refractivity contribution < 1.29 is 19.0 Å². The fourth-order valence-corrected chi connectivity index (χ4v) is 8.94. The fourth-order valence-electron chi connectivity index (χ4n) is 4.36. The van der Waals surface area contributed by atoms with Crippen molar-refractivity contribution in [2.75, 3.05) is 6.61 Å². The second-order valence-corrected chi connectivity index (χ2v) is 13.6. The molecule has 0 radical (unpaired) electrons. The van der Waals surface area contributed by atoms with E-state index in [2.05, 4.69) is 75.9 Å². The molecular formula is C25H34O4Si. The minimum absolute atomic E-state index is 0.153. The van der Waals surface area contributed by atoms with Gasteiger partial charge in [0.2, 0.25) is 0 Å². The molecule has 1 N–H and O–H groups in total. The maximum Gasteiger partial charge on any atom is 0.261 e. The molecule has 2 aromatic rings. The van der Waals surface area contributed by atoms with Crippen LogP contribution in [-0.2, 0) is 13.9 Å². The van der Waals surface area contributed by atoms with E-state index in [1.165, 1.54) is 10.4 Å². The molecule has 30 heavy (non-hydrogen) atoms. The number of aliphatic hydroxyl groups is 1. The van der Waals surface area contributed by atoms with E-state index in [9.17, 15) is 5.11 Å². The van der Waals surface area contributed by atoms with Crippen molar-refractivity contribution in [1.29, 1.82) is 0 Å². The van der Waals surface area contributed by atoms with E-state index >= 15 is 0 Å². The molecule has 3 atom stereocenters. The monoisotopic (exact) mass is 426 g/mol. The minimum Gasteiger partial charge on any atom is -0.405 e. The van der Waals surface area contributed by atoms with Gasteiger partial charge in [0.05, 0.1) is 6.61 Å². The third-order valence-corrected chi connectivity index (χ3v) is 10.7. The van der Waals surface area contributed by atoms with E-state index < -0.39 is 26.3 Å². The molecule has 0 aromatic heterocycles. The van der Waals surface area contributed by atoms with Crippen LogP contribution < -0.4 is 10.4 Å². The summed E-state index contributed by atoms with van der Waals surface area (Å²) >= 11 is 0. The Bertz CT molecular complexity index is 790. The molecule has 5 heteroatoms. The molecule has 0 bridgehead atoms. The van der Waals surface area contributed by atoms with Gasteiger partial charge in [-0.1, -0.05) is 87.5 Å². The van der Waals surface area contributed by atoms with Crippen molar-refractivity contribution in [2.45, 2.75) is 63.8 Å². The van der Waals surface area contributed by atoms with Crippen LogP contribution in [0.25, 0.3) is 0 Å². The molecule has 0 unspecified atom stereocenters. The highest BCUT2D eigenvalue weighted by Gasteiger charge is 2.51. The Morgan fingerprint density at radius 3 is 1.97 bits per heavy atom. The first-order valence-corrected chi connectivity index (χ1v) is 12.4. The van der Waals surface area contributed by atoms with Crippen molar-refractivity contribution in [3.05, 3.63) is 73.3 Å². The summed E-state index contributed by atoms with van der Waals surface area (Å²) in [5.74, 6) is -0.762. The van der Waals surface area contributed by atoms with E-state index in [-0.39, 0.29) is 17.7 Å². The first kappa shape index (κ1) is 22.9. The van der Waals surface area contributed by atoms with Gasteiger partial charge in [0.1, 0.15) is 18.3 Å². The Morgan fingerprint density at radius 2 is 1.53 bits per heavy atom. The summed E-state index contributed by atoms with van der Waals surface area (Å²) in [5.41, 5.74) is 0. The van der Waals surface area contributed by atoms with Crippen LogP contribution in [0.5, 0.6) is 0 Å². The number of benzene rings is 2. The van der Waals surface area contributed by atoms with Gasteiger partial charge in [-0.05, 0) is 29.3 Å². The SMILES string of the molecule is C=C[C@H]1OC(C)(C)O[C@H]1[C@H](O)CO[Si](c1ccccc1)(c1ccccc1)C(C)(C)C. The highest BCUT2D eigenvalue weighted by molar-refractivity contribution is 6.99. The maximum absolute atomic E-state index is 11.1. The quantitative estimate of drug-likeness (QED) is 0.543. The van der Waals surface area contributed by atoms with Crippen LogP contribution in [0.2, 0.25) is 5.04 Å². The van der Waals surface area contributed by atoms with Crippen molar-refractivity contribution in [1.82, 2.24) is 0 Å². The maximum atomic E-state index is 11.1. The largest absolute Gasteiger partial charge is 0.405 e. The van der Waals surface area contributed by atoms with Gasteiger partial charge in [0.25, 0.3) is 8.32 Å². The molecule has 3 rings (SSSR count). The number of hydrogen-bond acceptors (Lipinski definition) is 4. The van der Waals surface area contributed by atoms with Crippen LogP contribution in [-0.4, -0.2) is 44.1 Å². The molecule has 1 aliphatic heterocycles. The predicted molar refractivity (Wildman–Crippen MR) is 124 cm³/mol. The van der Waals surface area contributed by atoms with Crippen LogP contribution in [0, 0.1) is 0 Å². The van der Waals surface area contributed by atoms with Gasteiger partial charge in [-0.3, -0.25) is 0 Å². The summed E-state index contributed by atoms with van der Waals surface area (Å²) < 4.78 is 18.6. The molecule has 0 aliphatic carbocycles. The van der Waals surface area contributed by atoms with Crippen LogP contribution in [0.15, 0.2) is 73.3 Å². The Kier molecular flexibility index (Phi) is 6.70. The summed E-state index contributed by atoms with van der Waals surface area (Å²) in [6.07, 6.45) is -0.0456. The third-order valence-electron chi connectivity index (χ3n) is 5.66. The van der Waals surface area contributed by atoms with E-state index in [4.69, 9.17) is 13.9 Å². The zero-order valence-corrected chi connectivity index (χ0v) is 19.7. The van der Waals surface area contributed by atoms with Crippen LogP contribution >= 0.6 is 0 Å². The zero-order chi connectivity index (χ0) is 22.0. The van der Waals surface area contributed by atoms with Crippen molar-refractivity contribution in [2.24, 2.45) is 0 Å². The molecule has 1 fully saturated rings. The Hall–Kier alpha value is -1.76. The topological polar surface area (TPSA) is 47.9 Å². The average Bonchev–Trinajstić information content (AvgIpc) is 3.04. The van der Waals surface area contributed by atoms with Crippen molar-refractivity contribution in [3.63, 3.8) is 0 Å². The molecule has 1 heterocycles. The highest BCUT2D eigenvalue weighted by Crippen LogP contribution is 2.37. The third kappa shape index (κ3) is 4.46. The van der Waals surface area contributed by atoms with Crippen LogP contribution in [0.1, 0.15) is 34.6 Å². The van der Waals surface area contributed by atoms with Gasteiger partial charge in [-0.25, -0.2) is 0 Å². The summed E-state index contributed by atoms with van der Waals surface area (Å²) in [7, 11) is -2.71. The van der Waals surface area contributed by atoms with Gasteiger partial charge in [0, 0.05) is 0 Å². The van der Waals surface area contributed by atoms with E-state index in [1.807, 2.05) is 26.0 Å². The smallest absolute Gasteiger partial charge is 0.261 e.